The fraction of sp³-hybridized carbons (Fsp3) is 1.00. The molecule has 1 aliphatic rings. The third-order valence-corrected chi connectivity index (χ3v) is 4.29. The minimum absolute atomic E-state index is 0.446. The molecular weight excluding hydrogens is 214 g/mol. The second kappa shape index (κ2) is 5.79. The van der Waals surface area contributed by atoms with E-state index in [0.29, 0.717) is 19.0 Å². The maximum Gasteiger partial charge on any atom is 0.279 e. The fourth-order valence-electron chi connectivity index (χ4n) is 1.89. The van der Waals surface area contributed by atoms with Gasteiger partial charge in [-0.05, 0) is 31.8 Å². The summed E-state index contributed by atoms with van der Waals surface area (Å²) in [5.41, 5.74) is 0. The van der Waals surface area contributed by atoms with E-state index in [4.69, 9.17) is 0 Å². The number of piperidine rings is 1. The molecule has 0 saturated carbocycles. The van der Waals surface area contributed by atoms with Crippen LogP contribution in [0.4, 0.5) is 0 Å². The van der Waals surface area contributed by atoms with Gasteiger partial charge in [-0.2, -0.15) is 12.7 Å². The molecule has 1 atom stereocenters. The molecule has 1 rings (SSSR count). The summed E-state index contributed by atoms with van der Waals surface area (Å²) in [4.78, 5) is 0. The summed E-state index contributed by atoms with van der Waals surface area (Å²) in [6.07, 6.45) is 2.07. The van der Waals surface area contributed by atoms with Gasteiger partial charge in [0, 0.05) is 20.1 Å². The SMILES string of the molecule is CCNCC1CCCN(S(=O)(=O)NC)C1. The highest BCUT2D eigenvalue weighted by Gasteiger charge is 2.27. The van der Waals surface area contributed by atoms with E-state index in [1.807, 2.05) is 0 Å². The molecule has 5 nitrogen and oxygen atoms in total. The third-order valence-electron chi connectivity index (χ3n) is 2.76. The molecule has 0 bridgehead atoms. The third kappa shape index (κ3) is 3.71. The van der Waals surface area contributed by atoms with Crippen LogP contribution in [0.5, 0.6) is 0 Å². The molecule has 0 aliphatic carbocycles. The molecule has 1 unspecified atom stereocenters. The van der Waals surface area contributed by atoms with E-state index < -0.39 is 10.2 Å². The molecule has 1 heterocycles. The standard InChI is InChI=1S/C9H21N3O2S/c1-3-11-7-9-5-4-6-12(8-9)15(13,14)10-2/h9-11H,3-8H2,1-2H3. The largest absolute Gasteiger partial charge is 0.317 e. The Kier molecular flexibility index (Phi) is 4.98. The van der Waals surface area contributed by atoms with E-state index in [1.54, 1.807) is 4.31 Å². The Morgan fingerprint density at radius 1 is 1.47 bits per heavy atom. The van der Waals surface area contributed by atoms with Crippen molar-refractivity contribution < 1.29 is 8.42 Å². The Bertz CT molecular complexity index is 279. The average molecular weight is 235 g/mol. The van der Waals surface area contributed by atoms with Crippen LogP contribution >= 0.6 is 0 Å². The molecular formula is C9H21N3O2S. The topological polar surface area (TPSA) is 61.4 Å². The van der Waals surface area contributed by atoms with Crippen LogP contribution in [0.1, 0.15) is 19.8 Å². The van der Waals surface area contributed by atoms with Gasteiger partial charge < -0.3 is 5.32 Å². The van der Waals surface area contributed by atoms with Crippen molar-refractivity contribution in [3.05, 3.63) is 0 Å². The zero-order valence-electron chi connectivity index (χ0n) is 9.49. The normalized spacial score (nSPS) is 24.3. The molecule has 1 fully saturated rings. The van der Waals surface area contributed by atoms with Gasteiger partial charge in [0.1, 0.15) is 0 Å². The van der Waals surface area contributed by atoms with Crippen molar-refractivity contribution in [2.45, 2.75) is 19.8 Å². The quantitative estimate of drug-likeness (QED) is 0.692. The average Bonchev–Trinajstić information content (AvgIpc) is 2.27. The molecule has 90 valence electrons. The van der Waals surface area contributed by atoms with Crippen LogP contribution in [-0.4, -0.2) is 45.9 Å². The summed E-state index contributed by atoms with van der Waals surface area (Å²) in [6, 6.07) is 0. The Labute approximate surface area is 92.4 Å². The summed E-state index contributed by atoms with van der Waals surface area (Å²) in [7, 11) is -1.76. The van der Waals surface area contributed by atoms with Crippen LogP contribution < -0.4 is 10.0 Å². The van der Waals surface area contributed by atoms with Gasteiger partial charge in [0.15, 0.2) is 0 Å². The zero-order chi connectivity index (χ0) is 11.3. The lowest BCUT2D eigenvalue weighted by atomic mass is 10.00. The highest BCUT2D eigenvalue weighted by molar-refractivity contribution is 7.87. The van der Waals surface area contributed by atoms with Crippen LogP contribution in [0.3, 0.4) is 0 Å². The van der Waals surface area contributed by atoms with Crippen LogP contribution in [0.2, 0.25) is 0 Å². The van der Waals surface area contributed by atoms with E-state index in [-0.39, 0.29) is 0 Å². The molecule has 0 radical (unpaired) electrons. The van der Waals surface area contributed by atoms with Gasteiger partial charge in [-0.15, -0.1) is 0 Å². The van der Waals surface area contributed by atoms with Crippen LogP contribution in [-0.2, 0) is 10.2 Å². The van der Waals surface area contributed by atoms with Crippen molar-refractivity contribution in [2.24, 2.45) is 5.92 Å². The van der Waals surface area contributed by atoms with Crippen molar-refractivity contribution in [2.75, 3.05) is 33.2 Å². The molecule has 0 aromatic heterocycles. The molecule has 1 saturated heterocycles. The molecule has 0 amide bonds. The van der Waals surface area contributed by atoms with E-state index in [9.17, 15) is 8.42 Å². The minimum atomic E-state index is -3.22. The van der Waals surface area contributed by atoms with Gasteiger partial charge >= 0.3 is 0 Å². The number of hydrogen-bond acceptors (Lipinski definition) is 3. The van der Waals surface area contributed by atoms with Gasteiger partial charge in [0.05, 0.1) is 0 Å². The predicted molar refractivity (Wildman–Crippen MR) is 60.8 cm³/mol. The Morgan fingerprint density at radius 2 is 2.20 bits per heavy atom. The molecule has 0 aromatic rings. The maximum absolute atomic E-state index is 11.6. The van der Waals surface area contributed by atoms with Crippen LogP contribution in [0, 0.1) is 5.92 Å². The lowest BCUT2D eigenvalue weighted by Gasteiger charge is -2.31. The highest BCUT2D eigenvalue weighted by Crippen LogP contribution is 2.17. The van der Waals surface area contributed by atoms with Crippen molar-refractivity contribution in [3.8, 4) is 0 Å². The molecule has 2 N–H and O–H groups in total. The second-order valence-electron chi connectivity index (χ2n) is 3.88. The van der Waals surface area contributed by atoms with Crippen molar-refractivity contribution in [3.63, 3.8) is 0 Å². The van der Waals surface area contributed by atoms with E-state index in [2.05, 4.69) is 17.0 Å². The molecule has 15 heavy (non-hydrogen) atoms. The van der Waals surface area contributed by atoms with E-state index in [0.717, 1.165) is 25.9 Å². The van der Waals surface area contributed by atoms with Crippen molar-refractivity contribution >= 4 is 10.2 Å². The lowest BCUT2D eigenvalue weighted by molar-refractivity contribution is 0.259. The minimum Gasteiger partial charge on any atom is -0.317 e. The van der Waals surface area contributed by atoms with Crippen LogP contribution in [0.15, 0.2) is 0 Å². The molecule has 1 aliphatic heterocycles. The van der Waals surface area contributed by atoms with Crippen molar-refractivity contribution in [1.82, 2.24) is 14.3 Å². The highest BCUT2D eigenvalue weighted by atomic mass is 32.2. The summed E-state index contributed by atoms with van der Waals surface area (Å²) >= 11 is 0. The number of nitrogens with zero attached hydrogens (tertiary/aromatic N) is 1. The van der Waals surface area contributed by atoms with E-state index in [1.165, 1.54) is 7.05 Å². The smallest absolute Gasteiger partial charge is 0.279 e. The summed E-state index contributed by atoms with van der Waals surface area (Å²) in [5.74, 6) is 0.446. The van der Waals surface area contributed by atoms with Gasteiger partial charge in [-0.3, -0.25) is 0 Å². The number of hydrogen-bond donors (Lipinski definition) is 2. The van der Waals surface area contributed by atoms with Gasteiger partial charge in [-0.25, -0.2) is 4.72 Å². The summed E-state index contributed by atoms with van der Waals surface area (Å²) < 4.78 is 27.0. The Balaban J connectivity index is 2.49. The lowest BCUT2D eigenvalue weighted by Crippen LogP contribution is -2.46. The summed E-state index contributed by atoms with van der Waals surface area (Å²) in [5, 5.41) is 3.27. The first-order chi connectivity index (χ1) is 7.10. The first-order valence-electron chi connectivity index (χ1n) is 5.49. The second-order valence-corrected chi connectivity index (χ2v) is 5.76. The molecule has 0 spiro atoms. The van der Waals surface area contributed by atoms with Gasteiger partial charge in [0.2, 0.25) is 0 Å². The monoisotopic (exact) mass is 235 g/mol. The maximum atomic E-state index is 11.6. The van der Waals surface area contributed by atoms with Crippen LogP contribution in [0.25, 0.3) is 0 Å². The Morgan fingerprint density at radius 3 is 2.80 bits per heavy atom. The summed E-state index contributed by atoms with van der Waals surface area (Å²) in [6.45, 7) is 5.19. The zero-order valence-corrected chi connectivity index (χ0v) is 10.3. The molecule has 6 heteroatoms. The predicted octanol–water partition coefficient (Wildman–Crippen LogP) is -0.228. The van der Waals surface area contributed by atoms with E-state index >= 15 is 0 Å². The van der Waals surface area contributed by atoms with Gasteiger partial charge in [0.25, 0.3) is 10.2 Å². The molecule has 0 aromatic carbocycles. The fourth-order valence-corrected chi connectivity index (χ4v) is 2.92. The number of nitrogens with one attached hydrogen (secondary N) is 2. The number of rotatable bonds is 5. The van der Waals surface area contributed by atoms with Crippen molar-refractivity contribution in [1.29, 1.82) is 0 Å². The first-order valence-corrected chi connectivity index (χ1v) is 6.93. The van der Waals surface area contributed by atoms with Gasteiger partial charge in [-0.1, -0.05) is 6.92 Å². The Hall–Kier alpha value is -0.170. The first kappa shape index (κ1) is 12.9.